The molecule has 5 rings (SSSR count). The molecule has 7 nitrogen and oxygen atoms in total. The van der Waals surface area contributed by atoms with E-state index in [1.165, 1.54) is 16.8 Å². The molecule has 3 aromatic rings. The highest BCUT2D eigenvalue weighted by Crippen LogP contribution is 2.36. The Morgan fingerprint density at radius 1 is 1.03 bits per heavy atom. The van der Waals surface area contributed by atoms with Gasteiger partial charge in [-0.3, -0.25) is 10.2 Å². The van der Waals surface area contributed by atoms with Crippen LogP contribution in [0.15, 0.2) is 42.5 Å². The van der Waals surface area contributed by atoms with Crippen LogP contribution in [0.5, 0.6) is 0 Å². The molecule has 1 saturated heterocycles. The van der Waals surface area contributed by atoms with Gasteiger partial charge in [-0.15, -0.1) is 0 Å². The summed E-state index contributed by atoms with van der Waals surface area (Å²) < 4.78 is 40.9. The largest absolute Gasteiger partial charge is 0.286 e. The van der Waals surface area contributed by atoms with Gasteiger partial charge in [-0.25, -0.2) is 22.5 Å². The van der Waals surface area contributed by atoms with Crippen molar-refractivity contribution in [3.8, 4) is 5.69 Å². The van der Waals surface area contributed by atoms with Crippen molar-refractivity contribution in [1.82, 2.24) is 20.2 Å². The van der Waals surface area contributed by atoms with Crippen LogP contribution in [0, 0.1) is 5.82 Å². The first-order valence-electron chi connectivity index (χ1n) is 11.5. The summed E-state index contributed by atoms with van der Waals surface area (Å²) in [6, 6.07) is 10.6. The summed E-state index contributed by atoms with van der Waals surface area (Å²) >= 11 is 12.6. The zero-order valence-electron chi connectivity index (χ0n) is 19.2. The molecule has 11 heteroatoms. The van der Waals surface area contributed by atoms with E-state index >= 15 is 0 Å². The van der Waals surface area contributed by atoms with E-state index in [2.05, 4.69) is 10.5 Å². The van der Waals surface area contributed by atoms with Crippen molar-refractivity contribution >= 4 is 50.6 Å². The van der Waals surface area contributed by atoms with E-state index in [9.17, 15) is 17.6 Å². The van der Waals surface area contributed by atoms with Crippen LogP contribution < -0.4 is 5.43 Å². The fourth-order valence-electron chi connectivity index (χ4n) is 4.58. The molecule has 2 aliphatic rings. The molecule has 3 heterocycles. The number of nitrogens with one attached hydrogen (secondary N) is 1. The van der Waals surface area contributed by atoms with Gasteiger partial charge in [0.25, 0.3) is 5.91 Å². The number of halogens is 3. The summed E-state index contributed by atoms with van der Waals surface area (Å²) in [5.74, 6) is -1.47. The summed E-state index contributed by atoms with van der Waals surface area (Å²) in [6.07, 6.45) is 4.70. The molecule has 36 heavy (non-hydrogen) atoms. The molecule has 0 spiro atoms. The number of rotatable bonds is 4. The lowest BCUT2D eigenvalue weighted by Crippen LogP contribution is -2.45. The molecule has 1 fully saturated rings. The van der Waals surface area contributed by atoms with Gasteiger partial charge in [0.15, 0.2) is 15.5 Å². The van der Waals surface area contributed by atoms with E-state index in [4.69, 9.17) is 23.2 Å². The van der Waals surface area contributed by atoms with E-state index in [1.807, 2.05) is 5.01 Å². The monoisotopic (exact) mass is 548 g/mol. The van der Waals surface area contributed by atoms with Gasteiger partial charge in [-0.1, -0.05) is 41.8 Å². The van der Waals surface area contributed by atoms with Crippen molar-refractivity contribution in [2.45, 2.75) is 25.0 Å². The highest BCUT2D eigenvalue weighted by atomic mass is 35.5. The van der Waals surface area contributed by atoms with Gasteiger partial charge in [-0.2, -0.15) is 5.10 Å². The fraction of sp³-hybridized carbons (Fsp3) is 0.280. The molecular weight excluding hydrogens is 526 g/mol. The molecule has 0 saturated carbocycles. The number of carbonyl (C=O) groups is 1. The molecule has 0 aliphatic carbocycles. The molecule has 1 aromatic heterocycles. The van der Waals surface area contributed by atoms with E-state index < -0.39 is 21.6 Å². The SMILES string of the molecule is O=C(NN1CCCCC1)c1nn(-c2ccc(Cl)cc2Cl)c2c1CS(=O)(=O)C/C2=C\c1ccc(F)cc1. The van der Waals surface area contributed by atoms with E-state index in [0.29, 0.717) is 51.2 Å². The van der Waals surface area contributed by atoms with E-state index in [-0.39, 0.29) is 17.2 Å². The molecule has 0 unspecified atom stereocenters. The van der Waals surface area contributed by atoms with Crippen LogP contribution in [0.4, 0.5) is 4.39 Å². The Balaban J connectivity index is 1.68. The third-order valence-electron chi connectivity index (χ3n) is 6.21. The van der Waals surface area contributed by atoms with Crippen LogP contribution in [-0.2, 0) is 15.6 Å². The number of piperidine rings is 1. The summed E-state index contributed by atoms with van der Waals surface area (Å²) in [4.78, 5) is 13.3. The second-order valence-electron chi connectivity index (χ2n) is 8.93. The minimum Gasteiger partial charge on any atom is -0.283 e. The van der Waals surface area contributed by atoms with Crippen molar-refractivity contribution in [3.05, 3.63) is 80.8 Å². The zero-order valence-corrected chi connectivity index (χ0v) is 21.5. The third-order valence-corrected chi connectivity index (χ3v) is 8.22. The molecule has 2 aliphatic heterocycles. The predicted molar refractivity (Wildman–Crippen MR) is 138 cm³/mol. The maximum absolute atomic E-state index is 13.5. The van der Waals surface area contributed by atoms with Crippen molar-refractivity contribution in [3.63, 3.8) is 0 Å². The van der Waals surface area contributed by atoms with Gasteiger partial charge in [0, 0.05) is 23.7 Å². The summed E-state index contributed by atoms with van der Waals surface area (Å²) in [7, 11) is -3.59. The number of benzene rings is 2. The Hall–Kier alpha value is -2.72. The number of fused-ring (bicyclic) bond motifs is 1. The first-order chi connectivity index (χ1) is 17.2. The average Bonchev–Trinajstić information content (AvgIpc) is 3.19. The highest BCUT2D eigenvalue weighted by molar-refractivity contribution is 7.91. The number of carbonyl (C=O) groups excluding carboxylic acids is 1. The molecule has 188 valence electrons. The van der Waals surface area contributed by atoms with Crippen LogP contribution in [-0.4, -0.2) is 48.0 Å². The minimum atomic E-state index is -3.59. The van der Waals surface area contributed by atoms with Crippen LogP contribution in [0.25, 0.3) is 17.3 Å². The number of hydrogen-bond acceptors (Lipinski definition) is 5. The summed E-state index contributed by atoms with van der Waals surface area (Å²) in [6.45, 7) is 1.43. The lowest BCUT2D eigenvalue weighted by Gasteiger charge is -2.26. The number of hydrazine groups is 1. The van der Waals surface area contributed by atoms with Crippen molar-refractivity contribution in [2.75, 3.05) is 18.8 Å². The second kappa shape index (κ2) is 9.97. The first kappa shape index (κ1) is 25.0. The molecule has 0 atom stereocenters. The van der Waals surface area contributed by atoms with E-state index in [0.717, 1.165) is 19.3 Å². The number of nitrogens with zero attached hydrogens (tertiary/aromatic N) is 3. The Kier molecular flexibility index (Phi) is 6.91. The lowest BCUT2D eigenvalue weighted by molar-refractivity contribution is 0.0743. The average molecular weight is 549 g/mol. The van der Waals surface area contributed by atoms with Gasteiger partial charge in [0.1, 0.15) is 5.82 Å². The number of hydrogen-bond donors (Lipinski definition) is 1. The molecule has 1 N–H and O–H groups in total. The van der Waals surface area contributed by atoms with Crippen LogP contribution in [0.2, 0.25) is 10.0 Å². The van der Waals surface area contributed by atoms with Crippen molar-refractivity contribution in [2.24, 2.45) is 0 Å². The molecule has 0 radical (unpaired) electrons. The van der Waals surface area contributed by atoms with Gasteiger partial charge < -0.3 is 0 Å². The number of aromatic nitrogens is 2. The standard InChI is InChI=1S/C25H23Cl2FN4O3S/c26-18-6-9-22(21(27)13-18)32-24-17(12-16-4-7-19(28)8-5-16)14-36(34,35)15-20(24)23(29-32)25(33)30-31-10-2-1-3-11-31/h4-9,12-13H,1-3,10-11,14-15H2,(H,30,33)/b17-12+. The van der Waals surface area contributed by atoms with Crippen molar-refractivity contribution < 1.29 is 17.6 Å². The number of amides is 1. The quantitative estimate of drug-likeness (QED) is 0.500. The fourth-order valence-corrected chi connectivity index (χ4v) is 6.57. The third kappa shape index (κ3) is 5.20. The van der Waals surface area contributed by atoms with Crippen LogP contribution >= 0.6 is 23.2 Å². The maximum atomic E-state index is 13.5. The summed E-state index contributed by atoms with van der Waals surface area (Å²) in [5.41, 5.74) is 5.18. The minimum absolute atomic E-state index is 0.0230. The topological polar surface area (TPSA) is 84.3 Å². The molecule has 0 bridgehead atoms. The Morgan fingerprint density at radius 2 is 1.75 bits per heavy atom. The molecular formula is C25H23Cl2FN4O3S. The molecule has 1 amide bonds. The summed E-state index contributed by atoms with van der Waals surface area (Å²) in [5, 5.41) is 7.13. The number of sulfone groups is 1. The Bertz CT molecular complexity index is 1460. The maximum Gasteiger partial charge on any atom is 0.286 e. The van der Waals surface area contributed by atoms with Gasteiger partial charge >= 0.3 is 0 Å². The highest BCUT2D eigenvalue weighted by Gasteiger charge is 2.35. The van der Waals surface area contributed by atoms with Gasteiger partial charge in [0.05, 0.1) is 27.9 Å². The van der Waals surface area contributed by atoms with Crippen molar-refractivity contribution in [1.29, 1.82) is 0 Å². The molecule has 2 aromatic carbocycles. The first-order valence-corrected chi connectivity index (χ1v) is 14.1. The van der Waals surface area contributed by atoms with Crippen LogP contribution in [0.3, 0.4) is 0 Å². The lowest BCUT2D eigenvalue weighted by atomic mass is 10.0. The van der Waals surface area contributed by atoms with E-state index in [1.54, 1.807) is 36.4 Å². The van der Waals surface area contributed by atoms with Gasteiger partial charge in [0.2, 0.25) is 0 Å². The Labute approximate surface area is 218 Å². The second-order valence-corrected chi connectivity index (χ2v) is 11.8. The normalized spacial score (nSPS) is 18.7. The Morgan fingerprint density at radius 3 is 2.44 bits per heavy atom. The predicted octanol–water partition coefficient (Wildman–Crippen LogP) is 4.92. The van der Waals surface area contributed by atoms with Crippen LogP contribution in [0.1, 0.15) is 46.6 Å². The zero-order chi connectivity index (χ0) is 25.4. The smallest absolute Gasteiger partial charge is 0.283 e. The van der Waals surface area contributed by atoms with Gasteiger partial charge in [-0.05, 0) is 60.4 Å².